The van der Waals surface area contributed by atoms with Gasteiger partial charge in [-0.1, -0.05) is 22.5 Å². The largest absolute Gasteiger partial charge is 0.478 e. The van der Waals surface area contributed by atoms with E-state index in [1.807, 2.05) is 0 Å². The Morgan fingerprint density at radius 3 is 2.69 bits per heavy atom. The molecule has 0 aliphatic heterocycles. The van der Waals surface area contributed by atoms with Crippen molar-refractivity contribution in [1.29, 1.82) is 0 Å². The van der Waals surface area contributed by atoms with E-state index in [0.717, 1.165) is 0 Å². The van der Waals surface area contributed by atoms with Crippen LogP contribution in [-0.2, 0) is 4.79 Å². The molecule has 0 bridgehead atoms. The molecule has 0 saturated carbocycles. The van der Waals surface area contributed by atoms with Gasteiger partial charge < -0.3 is 9.84 Å². The molecular weight excluding hydrogens is 279 g/mol. The van der Waals surface area contributed by atoms with Crippen LogP contribution in [0, 0.1) is 5.82 Å². The highest BCUT2D eigenvalue weighted by atomic mass is 79.9. The number of carbonyl (C=O) groups is 1. The molecule has 1 N–H and O–H groups in total. The van der Waals surface area contributed by atoms with Crippen molar-refractivity contribution in [2.45, 2.75) is 13.0 Å². The number of ether oxygens (including phenoxy) is 1. The maximum absolute atomic E-state index is 13.4. The van der Waals surface area contributed by atoms with E-state index in [-0.39, 0.29) is 5.75 Å². The number of halogens is 2. The second-order valence-corrected chi connectivity index (χ2v) is 4.17. The second-order valence-electron chi connectivity index (χ2n) is 3.26. The van der Waals surface area contributed by atoms with Crippen LogP contribution in [0.15, 0.2) is 34.8 Å². The van der Waals surface area contributed by atoms with Gasteiger partial charge in [0, 0.05) is 4.47 Å². The number of rotatable bonds is 4. The first-order chi connectivity index (χ1) is 7.41. The predicted molar refractivity (Wildman–Crippen MR) is 61.0 cm³/mol. The van der Waals surface area contributed by atoms with E-state index >= 15 is 0 Å². The summed E-state index contributed by atoms with van der Waals surface area (Å²) in [4.78, 5) is 10.8. The summed E-state index contributed by atoms with van der Waals surface area (Å²) in [5, 5.41) is 8.83. The number of benzene rings is 1. The lowest BCUT2D eigenvalue weighted by atomic mass is 10.2. The molecule has 0 aliphatic carbocycles. The van der Waals surface area contributed by atoms with Gasteiger partial charge in [-0.15, -0.1) is 0 Å². The highest BCUT2D eigenvalue weighted by Gasteiger charge is 2.21. The first-order valence-electron chi connectivity index (χ1n) is 4.41. The van der Waals surface area contributed by atoms with E-state index in [1.54, 1.807) is 6.07 Å². The lowest BCUT2D eigenvalue weighted by molar-refractivity contribution is -0.143. The molecule has 0 amide bonds. The van der Waals surface area contributed by atoms with Crippen LogP contribution in [0.1, 0.15) is 6.92 Å². The number of hydrogen-bond acceptors (Lipinski definition) is 2. The van der Waals surface area contributed by atoms with Gasteiger partial charge in [-0.25, -0.2) is 9.18 Å². The second kappa shape index (κ2) is 5.12. The first kappa shape index (κ1) is 12.7. The molecule has 0 unspecified atom stereocenters. The third kappa shape index (κ3) is 3.06. The number of aliphatic carboxylic acids is 1. The van der Waals surface area contributed by atoms with Gasteiger partial charge in [0.25, 0.3) is 0 Å². The molecule has 86 valence electrons. The van der Waals surface area contributed by atoms with Crippen LogP contribution in [0.2, 0.25) is 0 Å². The van der Waals surface area contributed by atoms with Crippen molar-refractivity contribution >= 4 is 21.9 Å². The summed E-state index contributed by atoms with van der Waals surface area (Å²) >= 11 is 3.09. The van der Waals surface area contributed by atoms with Crippen LogP contribution in [0.3, 0.4) is 0 Å². The molecule has 0 aromatic heterocycles. The van der Waals surface area contributed by atoms with Crippen LogP contribution < -0.4 is 4.74 Å². The molecule has 0 fully saturated rings. The summed E-state index contributed by atoms with van der Waals surface area (Å²) in [5.41, 5.74) is 0.301. The Labute approximate surface area is 101 Å². The van der Waals surface area contributed by atoms with Crippen LogP contribution in [0.5, 0.6) is 5.75 Å². The molecule has 5 heteroatoms. The number of carboxylic acid groups (broad SMARTS) is 1. The lowest BCUT2D eigenvalue weighted by Gasteiger charge is -2.15. The van der Waals surface area contributed by atoms with Crippen LogP contribution in [0.25, 0.3) is 0 Å². The fourth-order valence-corrected chi connectivity index (χ4v) is 1.39. The maximum atomic E-state index is 13.4. The number of hydrogen-bond donors (Lipinski definition) is 1. The van der Waals surface area contributed by atoms with E-state index in [1.165, 1.54) is 19.1 Å². The van der Waals surface area contributed by atoms with Crippen molar-refractivity contribution in [3.63, 3.8) is 0 Å². The van der Waals surface area contributed by atoms with E-state index in [9.17, 15) is 9.18 Å². The normalized spacial score (nSPS) is 11.9. The van der Waals surface area contributed by atoms with Gasteiger partial charge >= 0.3 is 5.97 Å². The molecule has 3 nitrogen and oxygen atoms in total. The third-order valence-electron chi connectivity index (χ3n) is 1.81. The van der Waals surface area contributed by atoms with E-state index < -0.39 is 17.9 Å². The van der Waals surface area contributed by atoms with Gasteiger partial charge in [0.1, 0.15) is 0 Å². The van der Waals surface area contributed by atoms with Crippen molar-refractivity contribution < 1.29 is 19.0 Å². The summed E-state index contributed by atoms with van der Waals surface area (Å²) < 4.78 is 18.9. The molecule has 1 aromatic carbocycles. The Balaban J connectivity index is 2.94. The minimum atomic E-state index is -1.24. The Hall–Kier alpha value is -1.36. The highest BCUT2D eigenvalue weighted by molar-refractivity contribution is 9.10. The van der Waals surface area contributed by atoms with Crippen molar-refractivity contribution in [3.05, 3.63) is 40.6 Å². The Bertz CT molecular complexity index is 417. The number of carboxylic acids is 1. The summed E-state index contributed by atoms with van der Waals surface area (Å²) in [6.45, 7) is 4.99. The fourth-order valence-electron chi connectivity index (χ4n) is 1.06. The average Bonchev–Trinajstić information content (AvgIpc) is 2.15. The monoisotopic (exact) mass is 288 g/mol. The minimum absolute atomic E-state index is 0.112. The lowest BCUT2D eigenvalue weighted by Crippen LogP contribution is -2.28. The van der Waals surface area contributed by atoms with Crippen molar-refractivity contribution in [3.8, 4) is 5.75 Å². The molecular formula is C11H10BrFO3. The van der Waals surface area contributed by atoms with Crippen molar-refractivity contribution in [1.82, 2.24) is 0 Å². The van der Waals surface area contributed by atoms with Gasteiger partial charge in [-0.3, -0.25) is 0 Å². The standard InChI is InChI=1S/C11H10BrFO3/c1-6(2)10(11(14)15)16-9-4-3-7(12)5-8(9)13/h3-5,10H,1H2,2H3,(H,14,15)/t10-/m0/s1. The molecule has 16 heavy (non-hydrogen) atoms. The Morgan fingerprint density at radius 1 is 1.62 bits per heavy atom. The Morgan fingerprint density at radius 2 is 2.25 bits per heavy atom. The third-order valence-corrected chi connectivity index (χ3v) is 2.30. The van der Waals surface area contributed by atoms with Crippen molar-refractivity contribution in [2.24, 2.45) is 0 Å². The SMILES string of the molecule is C=C(C)[C@H](Oc1ccc(Br)cc1F)C(=O)O. The minimum Gasteiger partial charge on any atom is -0.478 e. The molecule has 0 radical (unpaired) electrons. The summed E-state index contributed by atoms with van der Waals surface area (Å²) in [6, 6.07) is 4.13. The Kier molecular flexibility index (Phi) is 4.06. The van der Waals surface area contributed by atoms with Crippen molar-refractivity contribution in [2.75, 3.05) is 0 Å². The van der Waals surface area contributed by atoms with E-state index in [2.05, 4.69) is 22.5 Å². The zero-order chi connectivity index (χ0) is 12.3. The predicted octanol–water partition coefficient (Wildman–Crippen LogP) is 3.00. The molecule has 0 saturated heterocycles. The first-order valence-corrected chi connectivity index (χ1v) is 5.21. The summed E-state index contributed by atoms with van der Waals surface area (Å²) in [6.07, 6.45) is -1.24. The molecule has 0 heterocycles. The van der Waals surface area contributed by atoms with Gasteiger partial charge in [0.15, 0.2) is 11.6 Å². The molecule has 0 aliphatic rings. The highest BCUT2D eigenvalue weighted by Crippen LogP contribution is 2.23. The van der Waals surface area contributed by atoms with Gasteiger partial charge in [0.05, 0.1) is 0 Å². The van der Waals surface area contributed by atoms with Crippen LogP contribution in [-0.4, -0.2) is 17.2 Å². The smallest absolute Gasteiger partial charge is 0.349 e. The zero-order valence-corrected chi connectivity index (χ0v) is 10.1. The quantitative estimate of drug-likeness (QED) is 0.867. The fraction of sp³-hybridized carbons (Fsp3) is 0.182. The van der Waals surface area contributed by atoms with Crippen LogP contribution >= 0.6 is 15.9 Å². The van der Waals surface area contributed by atoms with E-state index in [4.69, 9.17) is 9.84 Å². The summed E-state index contributed by atoms with van der Waals surface area (Å²) in [7, 11) is 0. The zero-order valence-electron chi connectivity index (χ0n) is 8.54. The average molecular weight is 289 g/mol. The van der Waals surface area contributed by atoms with Gasteiger partial charge in [-0.05, 0) is 30.7 Å². The topological polar surface area (TPSA) is 46.5 Å². The van der Waals surface area contributed by atoms with E-state index in [0.29, 0.717) is 10.0 Å². The molecule has 1 aromatic rings. The maximum Gasteiger partial charge on any atom is 0.349 e. The summed E-state index contributed by atoms with van der Waals surface area (Å²) in [5.74, 6) is -1.93. The molecule has 1 rings (SSSR count). The van der Waals surface area contributed by atoms with Gasteiger partial charge in [0.2, 0.25) is 6.10 Å². The van der Waals surface area contributed by atoms with Gasteiger partial charge in [-0.2, -0.15) is 0 Å². The van der Waals surface area contributed by atoms with Crippen LogP contribution in [0.4, 0.5) is 4.39 Å². The molecule has 0 spiro atoms. The molecule has 1 atom stereocenters.